The third kappa shape index (κ3) is 19.2. The van der Waals surface area contributed by atoms with Gasteiger partial charge in [0.1, 0.15) is 6.54 Å². The maximum atomic E-state index is 10.3. The van der Waals surface area contributed by atoms with Gasteiger partial charge in [-0.3, -0.25) is 4.79 Å². The van der Waals surface area contributed by atoms with E-state index in [-0.39, 0.29) is 11.7 Å². The molecule has 0 aliphatic rings. The summed E-state index contributed by atoms with van der Waals surface area (Å²) < 4.78 is 5.26. The van der Waals surface area contributed by atoms with Crippen LogP contribution in [0.25, 0.3) is 0 Å². The zero-order valence-corrected chi connectivity index (χ0v) is 16.3. The molecule has 0 spiro atoms. The molecule has 142 valence electrons. The first kappa shape index (κ1) is 23.2. The Morgan fingerprint density at radius 1 is 0.833 bits per heavy atom. The van der Waals surface area contributed by atoms with Crippen LogP contribution in [0.3, 0.4) is 0 Å². The lowest BCUT2D eigenvalue weighted by molar-refractivity contribution is -0.135. The highest BCUT2D eigenvalue weighted by molar-refractivity contribution is 7.80. The molecule has 0 fully saturated rings. The van der Waals surface area contributed by atoms with Crippen LogP contribution in [-0.2, 0) is 9.53 Å². The van der Waals surface area contributed by atoms with Crippen molar-refractivity contribution < 1.29 is 14.6 Å². The summed E-state index contributed by atoms with van der Waals surface area (Å²) in [4.78, 5) is 10.3. The molecule has 4 nitrogen and oxygen atoms in total. The third-order valence-corrected chi connectivity index (χ3v) is 4.38. The molecule has 0 aromatic rings. The van der Waals surface area contributed by atoms with Crippen molar-refractivity contribution in [3.63, 3.8) is 0 Å². The van der Waals surface area contributed by atoms with Gasteiger partial charge in [0.05, 0.1) is 6.61 Å². The number of hydrogen-bond donors (Lipinski definition) is 2. The highest BCUT2D eigenvalue weighted by Crippen LogP contribution is 2.12. The van der Waals surface area contributed by atoms with Crippen LogP contribution in [0.5, 0.6) is 0 Å². The quantitative estimate of drug-likeness (QED) is 0.267. The summed E-state index contributed by atoms with van der Waals surface area (Å²) in [5, 5.41) is 11.2. The fourth-order valence-corrected chi connectivity index (χ4v) is 2.82. The summed E-state index contributed by atoms with van der Waals surface area (Å²) >= 11 is 4.88. The van der Waals surface area contributed by atoms with Gasteiger partial charge in [-0.1, -0.05) is 90.4 Å². The predicted octanol–water partition coefficient (Wildman–Crippen LogP) is 5.44. The number of unbranched alkanes of at least 4 members (excludes halogenated alkanes) is 13. The van der Waals surface area contributed by atoms with Crippen LogP contribution < -0.4 is 5.32 Å². The largest absolute Gasteiger partial charge is 0.480 e. The summed E-state index contributed by atoms with van der Waals surface area (Å²) in [5.74, 6) is -0.933. The zero-order chi connectivity index (χ0) is 17.9. The number of ether oxygens (including phenoxy) is 1. The number of rotatable bonds is 17. The second kappa shape index (κ2) is 18.5. The van der Waals surface area contributed by atoms with Crippen LogP contribution in [0.2, 0.25) is 0 Å². The molecular weight excluding hydrogens is 322 g/mol. The van der Waals surface area contributed by atoms with Crippen LogP contribution in [0.15, 0.2) is 0 Å². The van der Waals surface area contributed by atoms with Crippen LogP contribution in [0, 0.1) is 0 Å². The Hall–Kier alpha value is -0.840. The van der Waals surface area contributed by atoms with Gasteiger partial charge < -0.3 is 15.2 Å². The standard InChI is InChI=1S/C19H37NO3S/c1-2-3-4-5-6-7-8-9-10-11-12-13-14-15-16-23-19(24)20-17-18(21)22/h2-17H2,1H3,(H,20,24)(H,21,22). The Morgan fingerprint density at radius 3 is 1.67 bits per heavy atom. The molecule has 0 aliphatic heterocycles. The zero-order valence-electron chi connectivity index (χ0n) is 15.5. The summed E-state index contributed by atoms with van der Waals surface area (Å²) in [5.41, 5.74) is 0. The van der Waals surface area contributed by atoms with Crippen molar-refractivity contribution in [3.8, 4) is 0 Å². The van der Waals surface area contributed by atoms with E-state index in [1.165, 1.54) is 77.0 Å². The molecule has 0 atom stereocenters. The number of carbonyl (C=O) groups is 1. The van der Waals surface area contributed by atoms with Gasteiger partial charge in [0.25, 0.3) is 5.17 Å². The van der Waals surface area contributed by atoms with E-state index in [4.69, 9.17) is 22.1 Å². The highest BCUT2D eigenvalue weighted by atomic mass is 32.1. The molecule has 0 radical (unpaired) electrons. The number of hydrogen-bond acceptors (Lipinski definition) is 3. The van der Waals surface area contributed by atoms with Gasteiger partial charge in [-0.2, -0.15) is 0 Å². The first-order chi connectivity index (χ1) is 11.7. The van der Waals surface area contributed by atoms with Crippen LogP contribution in [0.4, 0.5) is 0 Å². The normalized spacial score (nSPS) is 10.5. The monoisotopic (exact) mass is 359 g/mol. The molecule has 0 saturated carbocycles. The smallest absolute Gasteiger partial charge is 0.323 e. The van der Waals surface area contributed by atoms with E-state index in [0.29, 0.717) is 6.61 Å². The second-order valence-corrected chi connectivity index (χ2v) is 6.85. The maximum Gasteiger partial charge on any atom is 0.323 e. The molecular formula is C19H37NO3S. The molecule has 5 heteroatoms. The summed E-state index contributed by atoms with van der Waals surface area (Å²) in [7, 11) is 0. The van der Waals surface area contributed by atoms with Gasteiger partial charge in [-0.25, -0.2) is 0 Å². The van der Waals surface area contributed by atoms with E-state index in [9.17, 15) is 4.79 Å². The van der Waals surface area contributed by atoms with E-state index in [1.54, 1.807) is 0 Å². The van der Waals surface area contributed by atoms with E-state index in [1.807, 2.05) is 0 Å². The Bertz CT molecular complexity index is 311. The molecule has 0 rings (SSSR count). The van der Waals surface area contributed by atoms with Gasteiger partial charge >= 0.3 is 5.97 Å². The van der Waals surface area contributed by atoms with Crippen molar-refractivity contribution in [2.75, 3.05) is 13.2 Å². The molecule has 2 N–H and O–H groups in total. The lowest BCUT2D eigenvalue weighted by Crippen LogP contribution is -2.29. The molecule has 0 aliphatic carbocycles. The first-order valence-corrected chi connectivity index (χ1v) is 10.2. The first-order valence-electron chi connectivity index (χ1n) is 9.79. The fourth-order valence-electron chi connectivity index (χ4n) is 2.66. The minimum atomic E-state index is -0.933. The SMILES string of the molecule is CCCCCCCCCCCCCCCCOC(=S)NCC(=O)O. The van der Waals surface area contributed by atoms with Crippen molar-refractivity contribution >= 4 is 23.4 Å². The Labute approximate surface area is 153 Å². The molecule has 0 unspecified atom stereocenters. The number of carboxylic acid groups (broad SMARTS) is 1. The lowest BCUT2D eigenvalue weighted by atomic mass is 10.0. The molecule has 24 heavy (non-hydrogen) atoms. The van der Waals surface area contributed by atoms with Gasteiger partial charge in [0, 0.05) is 0 Å². The van der Waals surface area contributed by atoms with Gasteiger partial charge in [-0.15, -0.1) is 0 Å². The van der Waals surface area contributed by atoms with E-state index in [0.717, 1.165) is 12.8 Å². The van der Waals surface area contributed by atoms with E-state index in [2.05, 4.69) is 12.2 Å². The van der Waals surface area contributed by atoms with Gasteiger partial charge in [0.2, 0.25) is 0 Å². The molecule has 0 bridgehead atoms. The maximum absolute atomic E-state index is 10.3. The van der Waals surface area contributed by atoms with Gasteiger partial charge in [0.15, 0.2) is 0 Å². The van der Waals surface area contributed by atoms with E-state index >= 15 is 0 Å². The van der Waals surface area contributed by atoms with Gasteiger partial charge in [-0.05, 0) is 18.6 Å². The summed E-state index contributed by atoms with van der Waals surface area (Å²) in [6.45, 7) is 2.66. The minimum absolute atomic E-state index is 0.183. The molecule has 0 aromatic carbocycles. The van der Waals surface area contributed by atoms with E-state index < -0.39 is 5.97 Å². The van der Waals surface area contributed by atoms with Crippen LogP contribution in [-0.4, -0.2) is 29.4 Å². The highest BCUT2D eigenvalue weighted by Gasteiger charge is 2.00. The Kier molecular flexibility index (Phi) is 17.9. The lowest BCUT2D eigenvalue weighted by Gasteiger charge is -2.08. The second-order valence-electron chi connectivity index (χ2n) is 6.48. The molecule has 0 saturated heterocycles. The van der Waals surface area contributed by atoms with Crippen molar-refractivity contribution in [1.29, 1.82) is 0 Å². The topological polar surface area (TPSA) is 58.6 Å². The number of carboxylic acids is 1. The number of thiocarbonyl (C=S) groups is 1. The molecule has 0 amide bonds. The summed E-state index contributed by atoms with van der Waals surface area (Å²) in [6.07, 6.45) is 18.6. The molecule has 0 heterocycles. The predicted molar refractivity (Wildman–Crippen MR) is 105 cm³/mol. The van der Waals surface area contributed by atoms with Crippen molar-refractivity contribution in [2.24, 2.45) is 0 Å². The number of nitrogens with one attached hydrogen (secondary N) is 1. The Balaban J connectivity index is 3.10. The Morgan fingerprint density at radius 2 is 1.25 bits per heavy atom. The van der Waals surface area contributed by atoms with Crippen LogP contribution >= 0.6 is 12.2 Å². The average molecular weight is 360 g/mol. The van der Waals surface area contributed by atoms with Crippen molar-refractivity contribution in [2.45, 2.75) is 96.8 Å². The minimum Gasteiger partial charge on any atom is -0.480 e. The fraction of sp³-hybridized carbons (Fsp3) is 0.895. The molecule has 0 aromatic heterocycles. The third-order valence-electron chi connectivity index (χ3n) is 4.11. The van der Waals surface area contributed by atoms with Crippen molar-refractivity contribution in [3.05, 3.63) is 0 Å². The average Bonchev–Trinajstić information content (AvgIpc) is 2.56. The number of aliphatic carboxylic acids is 1. The van der Waals surface area contributed by atoms with Crippen LogP contribution in [0.1, 0.15) is 96.8 Å². The summed E-state index contributed by atoms with van der Waals surface area (Å²) in [6, 6.07) is 0. The van der Waals surface area contributed by atoms with Crippen molar-refractivity contribution in [1.82, 2.24) is 5.32 Å².